The van der Waals surface area contributed by atoms with Crippen LogP contribution in [0.3, 0.4) is 0 Å². The number of hydrogen-bond acceptors (Lipinski definition) is 3. The molecule has 0 saturated carbocycles. The molecule has 0 saturated heterocycles. The second-order valence-electron chi connectivity index (χ2n) is 7.70. The van der Waals surface area contributed by atoms with Crippen LogP contribution in [-0.4, -0.2) is 28.9 Å². The van der Waals surface area contributed by atoms with Crippen molar-refractivity contribution in [1.29, 1.82) is 0 Å². The second-order valence-corrected chi connectivity index (χ2v) is 7.70. The largest absolute Gasteiger partial charge is 0.493 e. The van der Waals surface area contributed by atoms with E-state index in [4.69, 9.17) is 9.47 Å². The van der Waals surface area contributed by atoms with Gasteiger partial charge in [-0.25, -0.2) is 0 Å². The van der Waals surface area contributed by atoms with E-state index in [1.807, 2.05) is 71.3 Å². The quantitative estimate of drug-likeness (QED) is 0.315. The number of carboxylic acids is 1. The molecule has 0 atom stereocenters. The molecule has 0 bridgehead atoms. The van der Waals surface area contributed by atoms with Crippen LogP contribution >= 0.6 is 0 Å². The summed E-state index contributed by atoms with van der Waals surface area (Å²) in [5.41, 5.74) is 1.77. The monoisotopic (exact) mass is 425 g/mol. The van der Waals surface area contributed by atoms with Crippen molar-refractivity contribution >= 4 is 38.5 Å². The van der Waals surface area contributed by atoms with Crippen molar-refractivity contribution in [2.24, 2.45) is 0 Å². The third kappa shape index (κ3) is 3.85. The highest BCUT2D eigenvalue weighted by Gasteiger charge is 2.13. The third-order valence-electron chi connectivity index (χ3n) is 5.60. The Hall–Kier alpha value is -3.99. The van der Waals surface area contributed by atoms with Gasteiger partial charge in [-0.3, -0.25) is 4.79 Å². The van der Waals surface area contributed by atoms with E-state index in [2.05, 4.69) is 18.2 Å². The van der Waals surface area contributed by atoms with Crippen LogP contribution in [0.15, 0.2) is 84.9 Å². The molecule has 0 aliphatic heterocycles. The van der Waals surface area contributed by atoms with Crippen molar-refractivity contribution in [3.63, 3.8) is 0 Å². The number of ether oxygens (including phenoxy) is 2. The lowest BCUT2D eigenvalue weighted by Crippen LogP contribution is -2.08. The van der Waals surface area contributed by atoms with Crippen LogP contribution in [0, 0.1) is 0 Å². The highest BCUT2D eigenvalue weighted by Crippen LogP contribution is 2.31. The molecule has 160 valence electrons. The first-order valence-corrected chi connectivity index (χ1v) is 10.7. The number of carboxylic acid groups (broad SMARTS) is 1. The first kappa shape index (κ1) is 19.9. The normalized spacial score (nSPS) is 11.2. The summed E-state index contributed by atoms with van der Waals surface area (Å²) in [6.07, 6.45) is 0.735. The number of hydrogen-bond donors (Lipinski definition) is 1. The maximum absolute atomic E-state index is 11.4. The molecule has 0 radical (unpaired) electrons. The predicted octanol–water partition coefficient (Wildman–Crippen LogP) is 5.88. The van der Waals surface area contributed by atoms with Crippen LogP contribution in [0.4, 0.5) is 0 Å². The van der Waals surface area contributed by atoms with Crippen molar-refractivity contribution < 1.29 is 19.4 Å². The molecule has 0 aliphatic rings. The number of aromatic nitrogens is 1. The van der Waals surface area contributed by atoms with Crippen LogP contribution in [0.25, 0.3) is 32.6 Å². The zero-order valence-corrected chi connectivity index (χ0v) is 17.5. The van der Waals surface area contributed by atoms with Crippen molar-refractivity contribution in [3.05, 3.63) is 84.9 Å². The Kier molecular flexibility index (Phi) is 5.38. The van der Waals surface area contributed by atoms with Gasteiger partial charge in [0.05, 0.1) is 18.7 Å². The molecule has 0 unspecified atom stereocenters. The summed E-state index contributed by atoms with van der Waals surface area (Å²) in [5, 5.41) is 13.7. The van der Waals surface area contributed by atoms with Crippen molar-refractivity contribution in [1.82, 2.24) is 4.57 Å². The van der Waals surface area contributed by atoms with Gasteiger partial charge < -0.3 is 19.1 Å². The number of fused-ring (bicyclic) bond motifs is 4. The van der Waals surface area contributed by atoms with Crippen LogP contribution in [-0.2, 0) is 11.3 Å². The maximum atomic E-state index is 11.4. The number of nitrogens with zero attached hydrogens (tertiary/aromatic N) is 1. The highest BCUT2D eigenvalue weighted by molar-refractivity contribution is 6.08. The molecule has 1 N–H and O–H groups in total. The van der Waals surface area contributed by atoms with Crippen LogP contribution in [0.1, 0.15) is 6.42 Å². The molecular formula is C27H23NO4. The van der Waals surface area contributed by atoms with Crippen molar-refractivity contribution in [2.45, 2.75) is 13.0 Å². The van der Waals surface area contributed by atoms with Crippen LogP contribution in [0.2, 0.25) is 0 Å². The lowest BCUT2D eigenvalue weighted by atomic mass is 10.1. The Morgan fingerprint density at radius 1 is 0.750 bits per heavy atom. The summed E-state index contributed by atoms with van der Waals surface area (Å²) < 4.78 is 13.8. The minimum Gasteiger partial charge on any atom is -0.493 e. The van der Waals surface area contributed by atoms with E-state index in [0.717, 1.165) is 50.5 Å². The van der Waals surface area contributed by atoms with Gasteiger partial charge in [0.2, 0.25) is 0 Å². The zero-order valence-electron chi connectivity index (χ0n) is 17.5. The Bertz CT molecular complexity index is 1410. The summed E-state index contributed by atoms with van der Waals surface area (Å²) in [4.78, 5) is 11.4. The topological polar surface area (TPSA) is 60.7 Å². The van der Waals surface area contributed by atoms with E-state index in [1.54, 1.807) is 0 Å². The summed E-state index contributed by atoms with van der Waals surface area (Å²) >= 11 is 0. The van der Waals surface area contributed by atoms with E-state index < -0.39 is 5.97 Å². The summed E-state index contributed by atoms with van der Waals surface area (Å²) in [5.74, 6) is 0.726. The molecule has 0 fully saturated rings. The molecule has 32 heavy (non-hydrogen) atoms. The van der Waals surface area contributed by atoms with Crippen LogP contribution in [0.5, 0.6) is 11.5 Å². The number of carbonyl (C=O) groups is 1. The molecular weight excluding hydrogens is 402 g/mol. The van der Waals surface area contributed by atoms with E-state index in [-0.39, 0.29) is 6.54 Å². The van der Waals surface area contributed by atoms with Gasteiger partial charge in [0, 0.05) is 34.2 Å². The fraction of sp³-hybridized carbons (Fsp3) is 0.148. The Morgan fingerprint density at radius 3 is 2.34 bits per heavy atom. The van der Waals surface area contributed by atoms with Crippen molar-refractivity contribution in [3.8, 4) is 11.5 Å². The highest BCUT2D eigenvalue weighted by atomic mass is 16.5. The molecule has 5 heteroatoms. The van der Waals surface area contributed by atoms with Gasteiger partial charge in [0.15, 0.2) is 0 Å². The smallest absolute Gasteiger partial charge is 0.323 e. The lowest BCUT2D eigenvalue weighted by Gasteiger charge is -2.11. The fourth-order valence-electron chi connectivity index (χ4n) is 4.18. The molecule has 5 nitrogen and oxygen atoms in total. The van der Waals surface area contributed by atoms with Gasteiger partial charge in [0.25, 0.3) is 0 Å². The van der Waals surface area contributed by atoms with Gasteiger partial charge in [-0.15, -0.1) is 0 Å². The molecule has 0 amide bonds. The average molecular weight is 425 g/mol. The molecule has 1 aromatic heterocycles. The van der Waals surface area contributed by atoms with Crippen molar-refractivity contribution in [2.75, 3.05) is 13.2 Å². The summed E-state index contributed by atoms with van der Waals surface area (Å²) in [6.45, 7) is 0.970. The summed E-state index contributed by atoms with van der Waals surface area (Å²) in [6, 6.07) is 27.9. The van der Waals surface area contributed by atoms with Gasteiger partial charge in [0.1, 0.15) is 18.0 Å². The van der Waals surface area contributed by atoms with Gasteiger partial charge in [-0.05, 0) is 29.7 Å². The number of benzene rings is 4. The first-order chi connectivity index (χ1) is 15.7. The molecule has 4 aromatic carbocycles. The minimum absolute atomic E-state index is 0.0909. The number of aliphatic carboxylic acids is 1. The lowest BCUT2D eigenvalue weighted by molar-refractivity contribution is -0.137. The second kappa shape index (κ2) is 8.63. The SMILES string of the molecule is O=C(O)Cn1c2ccccc2c2ccc(OCCCOc3cccc4ccccc34)cc21. The Balaban J connectivity index is 1.27. The van der Waals surface area contributed by atoms with E-state index in [9.17, 15) is 9.90 Å². The average Bonchev–Trinajstić information content (AvgIpc) is 3.11. The van der Waals surface area contributed by atoms with E-state index >= 15 is 0 Å². The number of para-hydroxylation sites is 1. The molecule has 0 aliphatic carbocycles. The van der Waals surface area contributed by atoms with E-state index in [1.165, 1.54) is 0 Å². The molecule has 1 heterocycles. The third-order valence-corrected chi connectivity index (χ3v) is 5.60. The first-order valence-electron chi connectivity index (χ1n) is 10.7. The standard InChI is InChI=1S/C27H23NO4/c29-27(30)18-28-24-11-4-3-10-22(24)23-14-13-20(17-25(23)28)31-15-6-16-32-26-12-5-8-19-7-1-2-9-21(19)26/h1-5,7-14,17H,6,15-16,18H2,(H,29,30). The van der Waals surface area contributed by atoms with Gasteiger partial charge in [-0.2, -0.15) is 0 Å². The minimum atomic E-state index is -0.871. The number of rotatable bonds is 8. The molecule has 0 spiro atoms. The Labute approximate surface area is 185 Å². The van der Waals surface area contributed by atoms with Crippen LogP contribution < -0.4 is 9.47 Å². The van der Waals surface area contributed by atoms with Gasteiger partial charge >= 0.3 is 5.97 Å². The van der Waals surface area contributed by atoms with E-state index in [0.29, 0.717) is 13.2 Å². The molecule has 5 aromatic rings. The Morgan fingerprint density at radius 2 is 1.47 bits per heavy atom. The maximum Gasteiger partial charge on any atom is 0.323 e. The fourth-order valence-corrected chi connectivity index (χ4v) is 4.18. The molecule has 5 rings (SSSR count). The summed E-state index contributed by atoms with van der Waals surface area (Å²) in [7, 11) is 0. The van der Waals surface area contributed by atoms with Gasteiger partial charge in [-0.1, -0.05) is 54.6 Å². The predicted molar refractivity (Wildman–Crippen MR) is 127 cm³/mol. The zero-order chi connectivity index (χ0) is 21.9.